The van der Waals surface area contributed by atoms with Gasteiger partial charge in [-0.2, -0.15) is 0 Å². The predicted molar refractivity (Wildman–Crippen MR) is 105 cm³/mol. The largest absolute Gasteiger partial charge is 0.494 e. The standard InChI is InChI=1S/C21H27N3O4/c1-3-27-17-8-5-16(6-9-17)14-24-11-10-22-21(26)19(24)12-20(25)23-13-18-7-4-15(2)28-18/h4-9,19H,3,10-14H2,1-2H3,(H,22,26)(H,23,25)/t19-/m1/s1. The lowest BCUT2D eigenvalue weighted by Crippen LogP contribution is -2.56. The summed E-state index contributed by atoms with van der Waals surface area (Å²) in [7, 11) is 0. The maximum atomic E-state index is 12.4. The monoisotopic (exact) mass is 385 g/mol. The van der Waals surface area contributed by atoms with Gasteiger partial charge >= 0.3 is 0 Å². The van der Waals surface area contributed by atoms with Gasteiger partial charge in [-0.1, -0.05) is 12.1 Å². The molecule has 0 radical (unpaired) electrons. The Balaban J connectivity index is 1.58. The summed E-state index contributed by atoms with van der Waals surface area (Å²) < 4.78 is 10.9. The maximum absolute atomic E-state index is 12.4. The number of hydrogen-bond donors (Lipinski definition) is 2. The highest BCUT2D eigenvalue weighted by molar-refractivity contribution is 5.88. The van der Waals surface area contributed by atoms with Gasteiger partial charge in [0.1, 0.15) is 17.3 Å². The molecule has 2 N–H and O–H groups in total. The van der Waals surface area contributed by atoms with Gasteiger partial charge < -0.3 is 19.8 Å². The van der Waals surface area contributed by atoms with Crippen molar-refractivity contribution in [3.05, 3.63) is 53.5 Å². The van der Waals surface area contributed by atoms with E-state index >= 15 is 0 Å². The van der Waals surface area contributed by atoms with Crippen LogP contribution in [0.2, 0.25) is 0 Å². The number of ether oxygens (including phenoxy) is 1. The van der Waals surface area contributed by atoms with Crippen molar-refractivity contribution in [1.82, 2.24) is 15.5 Å². The van der Waals surface area contributed by atoms with Gasteiger partial charge in [-0.15, -0.1) is 0 Å². The molecule has 0 bridgehead atoms. The lowest BCUT2D eigenvalue weighted by molar-refractivity contribution is -0.134. The Hall–Kier alpha value is -2.80. The molecular formula is C21H27N3O4. The van der Waals surface area contributed by atoms with Crippen LogP contribution in [-0.2, 0) is 22.7 Å². The molecule has 1 atom stereocenters. The van der Waals surface area contributed by atoms with Crippen LogP contribution in [0.15, 0.2) is 40.8 Å². The number of piperazine rings is 1. The summed E-state index contributed by atoms with van der Waals surface area (Å²) in [6, 6.07) is 11.0. The lowest BCUT2D eigenvalue weighted by atomic mass is 10.1. The van der Waals surface area contributed by atoms with Gasteiger partial charge in [0.15, 0.2) is 0 Å². The normalized spacial score (nSPS) is 17.2. The molecule has 2 aromatic rings. The van der Waals surface area contributed by atoms with Gasteiger partial charge in [-0.3, -0.25) is 14.5 Å². The lowest BCUT2D eigenvalue weighted by Gasteiger charge is -2.34. The fourth-order valence-corrected chi connectivity index (χ4v) is 3.28. The molecule has 1 saturated heterocycles. The van der Waals surface area contributed by atoms with Crippen LogP contribution in [0.25, 0.3) is 0 Å². The summed E-state index contributed by atoms with van der Waals surface area (Å²) in [4.78, 5) is 26.8. The molecule has 0 aliphatic carbocycles. The first-order valence-electron chi connectivity index (χ1n) is 9.60. The molecule has 0 spiro atoms. The van der Waals surface area contributed by atoms with Crippen molar-refractivity contribution in [3.63, 3.8) is 0 Å². The van der Waals surface area contributed by atoms with Crippen LogP contribution in [0.5, 0.6) is 5.75 Å². The highest BCUT2D eigenvalue weighted by Gasteiger charge is 2.31. The fraction of sp³-hybridized carbons (Fsp3) is 0.429. The summed E-state index contributed by atoms with van der Waals surface area (Å²) >= 11 is 0. The van der Waals surface area contributed by atoms with Crippen molar-refractivity contribution in [2.24, 2.45) is 0 Å². The molecular weight excluding hydrogens is 358 g/mol. The first-order chi connectivity index (χ1) is 13.5. The maximum Gasteiger partial charge on any atom is 0.237 e. The molecule has 28 heavy (non-hydrogen) atoms. The Morgan fingerprint density at radius 2 is 2.07 bits per heavy atom. The highest BCUT2D eigenvalue weighted by atomic mass is 16.5. The number of aryl methyl sites for hydroxylation is 1. The molecule has 0 saturated carbocycles. The third-order valence-corrected chi connectivity index (χ3v) is 4.70. The fourth-order valence-electron chi connectivity index (χ4n) is 3.28. The zero-order chi connectivity index (χ0) is 19.9. The minimum atomic E-state index is -0.487. The van der Waals surface area contributed by atoms with Crippen molar-refractivity contribution < 1.29 is 18.7 Å². The zero-order valence-electron chi connectivity index (χ0n) is 16.4. The molecule has 7 heteroatoms. The van der Waals surface area contributed by atoms with Crippen LogP contribution >= 0.6 is 0 Å². The minimum Gasteiger partial charge on any atom is -0.494 e. The molecule has 150 valence electrons. The molecule has 1 fully saturated rings. The predicted octanol–water partition coefficient (Wildman–Crippen LogP) is 1.99. The van der Waals surface area contributed by atoms with E-state index in [-0.39, 0.29) is 18.2 Å². The van der Waals surface area contributed by atoms with Crippen molar-refractivity contribution in [2.45, 2.75) is 39.4 Å². The van der Waals surface area contributed by atoms with Crippen LogP contribution in [-0.4, -0.2) is 42.5 Å². The summed E-state index contributed by atoms with van der Waals surface area (Å²) in [6.45, 7) is 6.64. The average molecular weight is 385 g/mol. The van der Waals surface area contributed by atoms with E-state index in [4.69, 9.17) is 9.15 Å². The number of amides is 2. The summed E-state index contributed by atoms with van der Waals surface area (Å²) in [6.07, 6.45) is 0.114. The summed E-state index contributed by atoms with van der Waals surface area (Å²) in [5.74, 6) is 2.04. The summed E-state index contributed by atoms with van der Waals surface area (Å²) in [5.41, 5.74) is 1.08. The van der Waals surface area contributed by atoms with Crippen molar-refractivity contribution in [2.75, 3.05) is 19.7 Å². The molecule has 2 heterocycles. The quantitative estimate of drug-likeness (QED) is 0.726. The van der Waals surface area contributed by atoms with Gasteiger partial charge in [-0.05, 0) is 43.7 Å². The number of carbonyl (C=O) groups is 2. The Morgan fingerprint density at radius 3 is 2.75 bits per heavy atom. The molecule has 0 unspecified atom stereocenters. The van der Waals surface area contributed by atoms with Crippen LogP contribution in [0.4, 0.5) is 0 Å². The second kappa shape index (κ2) is 9.41. The third kappa shape index (κ3) is 5.36. The van der Waals surface area contributed by atoms with Crippen molar-refractivity contribution in [1.29, 1.82) is 0 Å². The Morgan fingerprint density at radius 1 is 1.29 bits per heavy atom. The van der Waals surface area contributed by atoms with Gasteiger partial charge in [0.2, 0.25) is 11.8 Å². The average Bonchev–Trinajstić information content (AvgIpc) is 3.10. The molecule has 1 aromatic carbocycles. The van der Waals surface area contributed by atoms with Crippen molar-refractivity contribution >= 4 is 11.8 Å². The molecule has 1 aromatic heterocycles. The number of nitrogens with one attached hydrogen (secondary N) is 2. The molecule has 1 aliphatic rings. The smallest absolute Gasteiger partial charge is 0.237 e. The van der Waals surface area contributed by atoms with Crippen LogP contribution in [0.1, 0.15) is 30.4 Å². The van der Waals surface area contributed by atoms with E-state index in [1.807, 2.05) is 55.1 Å². The van der Waals surface area contributed by atoms with Gasteiger partial charge in [0, 0.05) is 19.6 Å². The Labute approximate surface area is 165 Å². The van der Waals surface area contributed by atoms with Gasteiger partial charge in [0.05, 0.1) is 25.6 Å². The Kier molecular flexibility index (Phi) is 6.71. The number of hydrogen-bond acceptors (Lipinski definition) is 5. The minimum absolute atomic E-state index is 0.110. The number of carbonyl (C=O) groups excluding carboxylic acids is 2. The van der Waals surface area contributed by atoms with Crippen LogP contribution in [0, 0.1) is 6.92 Å². The van der Waals surface area contributed by atoms with E-state index in [9.17, 15) is 9.59 Å². The number of nitrogens with zero attached hydrogens (tertiary/aromatic N) is 1. The molecule has 1 aliphatic heterocycles. The van der Waals surface area contributed by atoms with Crippen molar-refractivity contribution in [3.8, 4) is 5.75 Å². The van der Waals surface area contributed by atoms with E-state index in [1.165, 1.54) is 0 Å². The first-order valence-corrected chi connectivity index (χ1v) is 9.60. The van der Waals surface area contributed by atoms with E-state index in [0.717, 1.165) is 17.1 Å². The second-order valence-electron chi connectivity index (χ2n) is 6.85. The topological polar surface area (TPSA) is 83.8 Å². The third-order valence-electron chi connectivity index (χ3n) is 4.70. The summed E-state index contributed by atoms with van der Waals surface area (Å²) in [5, 5.41) is 5.69. The number of benzene rings is 1. The van der Waals surface area contributed by atoms with Crippen LogP contribution < -0.4 is 15.4 Å². The Bertz CT molecular complexity index is 800. The zero-order valence-corrected chi connectivity index (χ0v) is 16.4. The van der Waals surface area contributed by atoms with Gasteiger partial charge in [-0.25, -0.2) is 0 Å². The van der Waals surface area contributed by atoms with E-state index in [2.05, 4.69) is 10.6 Å². The SMILES string of the molecule is CCOc1ccc(CN2CCNC(=O)[C@H]2CC(=O)NCc2ccc(C)o2)cc1. The highest BCUT2D eigenvalue weighted by Crippen LogP contribution is 2.17. The molecule has 3 rings (SSSR count). The van der Waals surface area contributed by atoms with E-state index in [1.54, 1.807) is 0 Å². The number of rotatable bonds is 8. The van der Waals surface area contributed by atoms with Gasteiger partial charge in [0.25, 0.3) is 0 Å². The van der Waals surface area contributed by atoms with Crippen LogP contribution in [0.3, 0.4) is 0 Å². The second-order valence-corrected chi connectivity index (χ2v) is 6.85. The molecule has 7 nitrogen and oxygen atoms in total. The van der Waals surface area contributed by atoms with E-state index in [0.29, 0.717) is 38.5 Å². The molecule has 2 amide bonds. The number of furan rings is 1. The first kappa shape index (κ1) is 19.9. The van der Waals surface area contributed by atoms with E-state index < -0.39 is 6.04 Å².